The lowest BCUT2D eigenvalue weighted by atomic mass is 9.98. The van der Waals surface area contributed by atoms with Gasteiger partial charge in [-0.15, -0.1) is 0 Å². The van der Waals surface area contributed by atoms with Crippen LogP contribution in [0.25, 0.3) is 22.4 Å². The lowest BCUT2D eigenvalue weighted by Gasteiger charge is -2.12. The minimum atomic E-state index is -4.87. The predicted octanol–water partition coefficient (Wildman–Crippen LogP) is 4.06. The lowest BCUT2D eigenvalue weighted by Crippen LogP contribution is -2.15. The zero-order valence-electron chi connectivity index (χ0n) is 14.5. The standard InChI is InChI=1S/C18H12ClF3N4O2S/c19-12-7-5-11(6-8-12)15-16(13-3-1-2-4-14(13)29(24,27)28)25-26(10-9-23)17(15)18(20,21)22/h1-8H,10H2,(H2,24,27,28). The number of nitrogens with zero attached hydrogens (tertiary/aromatic N) is 3. The van der Waals surface area contributed by atoms with Gasteiger partial charge in [-0.25, -0.2) is 18.2 Å². The monoisotopic (exact) mass is 440 g/mol. The topological polar surface area (TPSA) is 102 Å². The fourth-order valence-corrected chi connectivity index (χ4v) is 3.79. The van der Waals surface area contributed by atoms with E-state index in [1.54, 1.807) is 6.07 Å². The number of nitriles is 1. The van der Waals surface area contributed by atoms with Gasteiger partial charge in [0, 0.05) is 16.1 Å². The van der Waals surface area contributed by atoms with Crippen LogP contribution in [-0.4, -0.2) is 18.2 Å². The van der Waals surface area contributed by atoms with Crippen LogP contribution in [0.15, 0.2) is 53.4 Å². The molecule has 2 N–H and O–H groups in total. The summed E-state index contributed by atoms with van der Waals surface area (Å²) in [6.07, 6.45) is -4.87. The Labute approximate surface area is 169 Å². The quantitative estimate of drug-likeness (QED) is 0.660. The van der Waals surface area contributed by atoms with Crippen LogP contribution in [-0.2, 0) is 22.7 Å². The number of hydrogen-bond acceptors (Lipinski definition) is 4. The number of rotatable bonds is 4. The number of benzene rings is 2. The van der Waals surface area contributed by atoms with Crippen LogP contribution in [0.5, 0.6) is 0 Å². The van der Waals surface area contributed by atoms with Crippen LogP contribution < -0.4 is 5.14 Å². The molecular formula is C18H12ClF3N4O2S. The van der Waals surface area contributed by atoms with E-state index in [0.717, 1.165) is 0 Å². The van der Waals surface area contributed by atoms with Crippen molar-refractivity contribution >= 4 is 21.6 Å². The fourth-order valence-electron chi connectivity index (χ4n) is 2.92. The maximum absolute atomic E-state index is 13.9. The second-order valence-corrected chi connectivity index (χ2v) is 7.90. The van der Waals surface area contributed by atoms with E-state index in [0.29, 0.717) is 9.70 Å². The molecule has 0 saturated heterocycles. The van der Waals surface area contributed by atoms with Gasteiger partial charge in [0.25, 0.3) is 0 Å². The lowest BCUT2D eigenvalue weighted by molar-refractivity contribution is -0.143. The summed E-state index contributed by atoms with van der Waals surface area (Å²) in [7, 11) is -4.26. The number of alkyl halides is 3. The van der Waals surface area contributed by atoms with E-state index in [4.69, 9.17) is 22.0 Å². The molecule has 0 radical (unpaired) electrons. The Morgan fingerprint density at radius 2 is 1.76 bits per heavy atom. The molecule has 29 heavy (non-hydrogen) atoms. The van der Waals surface area contributed by atoms with Crippen molar-refractivity contribution in [2.24, 2.45) is 5.14 Å². The molecule has 0 unspecified atom stereocenters. The molecule has 0 fully saturated rings. The molecule has 3 aromatic rings. The van der Waals surface area contributed by atoms with Gasteiger partial charge in [0.05, 0.1) is 11.0 Å². The molecule has 0 spiro atoms. The van der Waals surface area contributed by atoms with Crippen LogP contribution in [0, 0.1) is 11.3 Å². The van der Waals surface area contributed by atoms with Crippen molar-refractivity contribution in [1.29, 1.82) is 5.26 Å². The fraction of sp³-hybridized carbons (Fsp3) is 0.111. The van der Waals surface area contributed by atoms with E-state index in [1.807, 2.05) is 0 Å². The summed E-state index contributed by atoms with van der Waals surface area (Å²) < 4.78 is 66.2. The first-order valence-corrected chi connectivity index (χ1v) is 9.89. The largest absolute Gasteiger partial charge is 0.433 e. The van der Waals surface area contributed by atoms with Crippen molar-refractivity contribution in [3.05, 3.63) is 59.2 Å². The molecule has 0 atom stereocenters. The number of aromatic nitrogens is 2. The predicted molar refractivity (Wildman–Crippen MR) is 100 cm³/mol. The molecule has 3 rings (SSSR count). The van der Waals surface area contributed by atoms with Crippen molar-refractivity contribution in [1.82, 2.24) is 9.78 Å². The van der Waals surface area contributed by atoms with E-state index in [9.17, 15) is 21.6 Å². The summed E-state index contributed by atoms with van der Waals surface area (Å²) in [4.78, 5) is -0.384. The van der Waals surface area contributed by atoms with Gasteiger partial charge < -0.3 is 0 Å². The summed E-state index contributed by atoms with van der Waals surface area (Å²) in [6.45, 7) is -0.688. The average Bonchev–Trinajstić information content (AvgIpc) is 3.01. The van der Waals surface area contributed by atoms with Gasteiger partial charge in [-0.1, -0.05) is 41.9 Å². The minimum absolute atomic E-state index is 0.102. The van der Waals surface area contributed by atoms with Gasteiger partial charge in [0.15, 0.2) is 5.69 Å². The third-order valence-electron chi connectivity index (χ3n) is 4.02. The number of nitrogens with two attached hydrogens (primary N) is 1. The summed E-state index contributed by atoms with van der Waals surface area (Å²) >= 11 is 5.84. The Bertz CT molecular complexity index is 1210. The van der Waals surface area contributed by atoms with E-state index in [1.165, 1.54) is 48.5 Å². The maximum atomic E-state index is 13.9. The molecule has 11 heteroatoms. The summed E-state index contributed by atoms with van der Waals surface area (Å²) in [5.74, 6) is 0. The van der Waals surface area contributed by atoms with Crippen LogP contribution in [0.1, 0.15) is 5.69 Å². The second kappa shape index (κ2) is 7.51. The van der Waals surface area contributed by atoms with Gasteiger partial charge in [-0.3, -0.25) is 0 Å². The highest BCUT2D eigenvalue weighted by molar-refractivity contribution is 7.89. The SMILES string of the molecule is N#CCn1nc(-c2ccccc2S(N)(=O)=O)c(-c2ccc(Cl)cc2)c1C(F)(F)F. The average molecular weight is 441 g/mol. The first-order chi connectivity index (χ1) is 13.5. The Kier molecular flexibility index (Phi) is 5.40. The van der Waals surface area contributed by atoms with Crippen LogP contribution in [0.3, 0.4) is 0 Å². The zero-order valence-corrected chi connectivity index (χ0v) is 16.1. The number of halogens is 4. The van der Waals surface area contributed by atoms with Crippen LogP contribution in [0.4, 0.5) is 13.2 Å². The van der Waals surface area contributed by atoms with E-state index >= 15 is 0 Å². The van der Waals surface area contributed by atoms with Crippen molar-refractivity contribution in [3.8, 4) is 28.5 Å². The highest BCUT2D eigenvalue weighted by Gasteiger charge is 2.41. The Morgan fingerprint density at radius 3 is 2.31 bits per heavy atom. The molecule has 0 bridgehead atoms. The zero-order chi connectivity index (χ0) is 21.4. The maximum Gasteiger partial charge on any atom is 0.433 e. The van der Waals surface area contributed by atoms with Gasteiger partial charge >= 0.3 is 6.18 Å². The van der Waals surface area contributed by atoms with Gasteiger partial charge in [0.2, 0.25) is 10.0 Å². The smallest absolute Gasteiger partial charge is 0.245 e. The highest BCUT2D eigenvalue weighted by Crippen LogP contribution is 2.44. The van der Waals surface area contributed by atoms with Crippen molar-refractivity contribution in [2.75, 3.05) is 0 Å². The number of primary sulfonamides is 1. The molecular weight excluding hydrogens is 429 g/mol. The van der Waals surface area contributed by atoms with Crippen LogP contribution >= 0.6 is 11.6 Å². The Morgan fingerprint density at radius 1 is 1.14 bits per heavy atom. The molecule has 0 amide bonds. The van der Waals surface area contributed by atoms with Crippen molar-refractivity contribution < 1.29 is 21.6 Å². The molecule has 2 aromatic carbocycles. The van der Waals surface area contributed by atoms with E-state index < -0.39 is 28.4 Å². The van der Waals surface area contributed by atoms with Gasteiger partial charge in [0.1, 0.15) is 12.2 Å². The number of hydrogen-bond donors (Lipinski definition) is 1. The summed E-state index contributed by atoms with van der Waals surface area (Å²) in [5, 5.41) is 18.4. The van der Waals surface area contributed by atoms with E-state index in [-0.39, 0.29) is 27.3 Å². The summed E-state index contributed by atoms with van der Waals surface area (Å²) in [5.41, 5.74) is -1.83. The number of sulfonamides is 1. The normalized spacial score (nSPS) is 12.0. The molecule has 1 aromatic heterocycles. The minimum Gasteiger partial charge on any atom is -0.245 e. The molecule has 1 heterocycles. The van der Waals surface area contributed by atoms with Crippen molar-refractivity contribution in [2.45, 2.75) is 17.6 Å². The van der Waals surface area contributed by atoms with Gasteiger partial charge in [-0.2, -0.15) is 23.5 Å². The van der Waals surface area contributed by atoms with Crippen LogP contribution in [0.2, 0.25) is 5.02 Å². The molecule has 6 nitrogen and oxygen atoms in total. The molecule has 0 aliphatic carbocycles. The molecule has 0 saturated carbocycles. The second-order valence-electron chi connectivity index (χ2n) is 5.93. The first-order valence-electron chi connectivity index (χ1n) is 7.97. The highest BCUT2D eigenvalue weighted by atomic mass is 35.5. The molecule has 0 aliphatic rings. The third-order valence-corrected chi connectivity index (χ3v) is 5.24. The van der Waals surface area contributed by atoms with Crippen molar-refractivity contribution in [3.63, 3.8) is 0 Å². The molecule has 150 valence electrons. The summed E-state index contributed by atoms with van der Waals surface area (Å²) in [6, 6.07) is 12.5. The first kappa shape index (κ1) is 20.9. The Balaban J connectivity index is 2.46. The van der Waals surface area contributed by atoms with Gasteiger partial charge in [-0.05, 0) is 23.8 Å². The third kappa shape index (κ3) is 4.12. The van der Waals surface area contributed by atoms with E-state index in [2.05, 4.69) is 5.10 Å². The molecule has 0 aliphatic heterocycles. The Hall–Kier alpha value is -2.87.